The van der Waals surface area contributed by atoms with Crippen LogP contribution in [-0.4, -0.2) is 54.5 Å². The van der Waals surface area contributed by atoms with E-state index in [4.69, 9.17) is 5.73 Å². The van der Waals surface area contributed by atoms with Crippen molar-refractivity contribution in [3.05, 3.63) is 0 Å². The van der Waals surface area contributed by atoms with Gasteiger partial charge in [-0.2, -0.15) is 0 Å². The number of rotatable bonds is 2. The fraction of sp³-hybridized carbons (Fsp3) is 0.933. The minimum atomic E-state index is 0. The number of nitrogens with two attached hydrogens (primary N) is 1. The zero-order chi connectivity index (χ0) is 14.0. The Balaban J connectivity index is 0.00000200. The number of amides is 1. The van der Waals surface area contributed by atoms with E-state index in [0.717, 1.165) is 45.1 Å². The van der Waals surface area contributed by atoms with Crippen molar-refractivity contribution in [3.8, 4) is 0 Å². The molecule has 2 rings (SSSR count). The van der Waals surface area contributed by atoms with E-state index in [1.165, 1.54) is 0 Å². The largest absolute Gasteiger partial charge is 0.342 e. The predicted molar refractivity (Wildman–Crippen MR) is 92.3 cm³/mol. The van der Waals surface area contributed by atoms with Crippen LogP contribution in [0.2, 0.25) is 0 Å². The highest BCUT2D eigenvalue weighted by atomic mass is 35.5. The third-order valence-electron chi connectivity index (χ3n) is 5.14. The Hall–Kier alpha value is -0.0300. The van der Waals surface area contributed by atoms with E-state index in [9.17, 15) is 4.79 Å². The highest BCUT2D eigenvalue weighted by molar-refractivity contribution is 5.85. The Morgan fingerprint density at radius 3 is 2.43 bits per heavy atom. The predicted octanol–water partition coefficient (Wildman–Crippen LogP) is 2.29. The highest BCUT2D eigenvalue weighted by Gasteiger charge is 2.33. The van der Waals surface area contributed by atoms with Crippen LogP contribution in [0.15, 0.2) is 0 Å². The van der Waals surface area contributed by atoms with Gasteiger partial charge in [-0.05, 0) is 46.1 Å². The molecule has 2 fully saturated rings. The lowest BCUT2D eigenvalue weighted by Crippen LogP contribution is -2.50. The van der Waals surface area contributed by atoms with Gasteiger partial charge in [0, 0.05) is 37.6 Å². The fourth-order valence-corrected chi connectivity index (χ4v) is 3.54. The molecule has 1 aliphatic carbocycles. The minimum absolute atomic E-state index is 0. The van der Waals surface area contributed by atoms with E-state index in [1.54, 1.807) is 0 Å². The van der Waals surface area contributed by atoms with Crippen LogP contribution in [0.1, 0.15) is 45.4 Å². The van der Waals surface area contributed by atoms with Crippen LogP contribution in [0.3, 0.4) is 0 Å². The average molecular weight is 340 g/mol. The van der Waals surface area contributed by atoms with Gasteiger partial charge in [-0.3, -0.25) is 4.79 Å². The lowest BCUT2D eigenvalue weighted by atomic mass is 9.84. The molecule has 2 aliphatic rings. The Labute approximate surface area is 141 Å². The third-order valence-corrected chi connectivity index (χ3v) is 5.14. The first-order chi connectivity index (χ1) is 8.99. The van der Waals surface area contributed by atoms with E-state index >= 15 is 0 Å². The number of carbonyl (C=O) groups excluding carboxylic acids is 1. The fourth-order valence-electron chi connectivity index (χ4n) is 3.54. The van der Waals surface area contributed by atoms with Gasteiger partial charge in [-0.15, -0.1) is 24.8 Å². The molecule has 0 radical (unpaired) electrons. The molecule has 1 amide bonds. The van der Waals surface area contributed by atoms with E-state index in [-0.39, 0.29) is 36.8 Å². The molecule has 0 bridgehead atoms. The molecule has 4 atom stereocenters. The topological polar surface area (TPSA) is 49.6 Å². The molecule has 0 spiro atoms. The zero-order valence-electron chi connectivity index (χ0n) is 13.5. The summed E-state index contributed by atoms with van der Waals surface area (Å²) in [5, 5.41) is 0. The number of nitrogens with zero attached hydrogens (tertiary/aromatic N) is 2. The van der Waals surface area contributed by atoms with Gasteiger partial charge in [0.1, 0.15) is 0 Å². The Morgan fingerprint density at radius 1 is 1.19 bits per heavy atom. The van der Waals surface area contributed by atoms with Gasteiger partial charge < -0.3 is 15.5 Å². The van der Waals surface area contributed by atoms with E-state index in [2.05, 4.69) is 18.9 Å². The summed E-state index contributed by atoms with van der Waals surface area (Å²) in [7, 11) is 4.16. The summed E-state index contributed by atoms with van der Waals surface area (Å²) in [4.78, 5) is 17.0. The number of hydrogen-bond acceptors (Lipinski definition) is 3. The van der Waals surface area contributed by atoms with Crippen LogP contribution in [0.5, 0.6) is 0 Å². The van der Waals surface area contributed by atoms with Crippen LogP contribution < -0.4 is 5.73 Å². The summed E-state index contributed by atoms with van der Waals surface area (Å²) < 4.78 is 0. The van der Waals surface area contributed by atoms with Gasteiger partial charge in [-0.25, -0.2) is 0 Å². The summed E-state index contributed by atoms with van der Waals surface area (Å²) in [5.74, 6) is 0.501. The van der Waals surface area contributed by atoms with Crippen molar-refractivity contribution in [1.82, 2.24) is 9.80 Å². The molecule has 2 N–H and O–H groups in total. The molecule has 0 aromatic rings. The monoisotopic (exact) mass is 339 g/mol. The van der Waals surface area contributed by atoms with E-state index < -0.39 is 0 Å². The molecule has 4 unspecified atom stereocenters. The molecule has 0 aromatic carbocycles. The number of hydrogen-bond donors (Lipinski definition) is 1. The van der Waals surface area contributed by atoms with Gasteiger partial charge in [0.05, 0.1) is 0 Å². The van der Waals surface area contributed by atoms with E-state index in [0.29, 0.717) is 18.0 Å². The summed E-state index contributed by atoms with van der Waals surface area (Å²) in [6, 6.07) is 1.21. The molecule has 21 heavy (non-hydrogen) atoms. The number of likely N-dealkylation sites (tertiary alicyclic amines) is 1. The zero-order valence-corrected chi connectivity index (χ0v) is 15.1. The minimum Gasteiger partial charge on any atom is -0.342 e. The average Bonchev–Trinajstić information content (AvgIpc) is 2.40. The Bertz CT molecular complexity index is 330. The van der Waals surface area contributed by atoms with Crippen LogP contribution in [-0.2, 0) is 4.79 Å². The second-order valence-electron chi connectivity index (χ2n) is 6.58. The second-order valence-corrected chi connectivity index (χ2v) is 6.58. The van der Waals surface area contributed by atoms with Crippen molar-refractivity contribution in [2.75, 3.05) is 20.6 Å². The maximum Gasteiger partial charge on any atom is 0.225 e. The highest BCUT2D eigenvalue weighted by Crippen LogP contribution is 2.27. The summed E-state index contributed by atoms with van der Waals surface area (Å²) in [5.41, 5.74) is 6.00. The van der Waals surface area contributed by atoms with Gasteiger partial charge in [0.25, 0.3) is 0 Å². The Morgan fingerprint density at radius 2 is 1.86 bits per heavy atom. The van der Waals surface area contributed by atoms with Crippen LogP contribution >= 0.6 is 24.8 Å². The first-order valence-electron chi connectivity index (χ1n) is 7.71. The van der Waals surface area contributed by atoms with Crippen LogP contribution in [0.25, 0.3) is 0 Å². The van der Waals surface area contributed by atoms with Crippen molar-refractivity contribution >= 4 is 30.7 Å². The quantitative estimate of drug-likeness (QED) is 0.839. The smallest absolute Gasteiger partial charge is 0.225 e. The lowest BCUT2D eigenvalue weighted by molar-refractivity contribution is -0.138. The second kappa shape index (κ2) is 9.19. The molecule has 0 aromatic heterocycles. The first-order valence-corrected chi connectivity index (χ1v) is 7.71. The molecule has 1 saturated carbocycles. The van der Waals surface area contributed by atoms with Crippen molar-refractivity contribution < 1.29 is 4.79 Å². The Kier molecular flexibility index (Phi) is 9.17. The van der Waals surface area contributed by atoms with Crippen molar-refractivity contribution in [2.45, 2.75) is 63.6 Å². The maximum absolute atomic E-state index is 12.6. The summed E-state index contributed by atoms with van der Waals surface area (Å²) >= 11 is 0. The molecular formula is C15H31Cl2N3O. The molecule has 6 heteroatoms. The van der Waals surface area contributed by atoms with Crippen molar-refractivity contribution in [3.63, 3.8) is 0 Å². The maximum atomic E-state index is 12.6. The van der Waals surface area contributed by atoms with Gasteiger partial charge in [0.2, 0.25) is 5.91 Å². The first kappa shape index (κ1) is 21.0. The van der Waals surface area contributed by atoms with Crippen molar-refractivity contribution in [2.24, 2.45) is 11.7 Å². The molecule has 1 saturated heterocycles. The third kappa shape index (κ3) is 5.27. The van der Waals surface area contributed by atoms with Gasteiger partial charge in [-0.1, -0.05) is 6.42 Å². The number of halogens is 2. The summed E-state index contributed by atoms with van der Waals surface area (Å²) in [6.45, 7) is 3.34. The molecule has 4 nitrogen and oxygen atoms in total. The van der Waals surface area contributed by atoms with Crippen LogP contribution in [0, 0.1) is 5.92 Å². The van der Waals surface area contributed by atoms with Crippen molar-refractivity contribution in [1.29, 1.82) is 0 Å². The SMILES string of the molecule is CC1CC(N(C)C(=O)C2CCCC(N)C2)CCN1C.Cl.Cl. The lowest BCUT2D eigenvalue weighted by Gasteiger charge is -2.41. The molecule has 126 valence electrons. The summed E-state index contributed by atoms with van der Waals surface area (Å²) in [6.07, 6.45) is 6.29. The van der Waals surface area contributed by atoms with Crippen LogP contribution in [0.4, 0.5) is 0 Å². The number of piperidine rings is 1. The molecular weight excluding hydrogens is 309 g/mol. The molecule has 1 aliphatic heterocycles. The normalized spacial score (nSPS) is 33.5. The standard InChI is InChI=1S/C15H29N3O.2ClH/c1-11-9-14(7-8-17(11)2)18(3)15(19)12-5-4-6-13(16)10-12;;/h11-14H,4-10,16H2,1-3H3;2*1H. The number of carbonyl (C=O) groups is 1. The van der Waals surface area contributed by atoms with Gasteiger partial charge in [0.15, 0.2) is 0 Å². The molecule has 1 heterocycles. The van der Waals surface area contributed by atoms with Gasteiger partial charge >= 0.3 is 0 Å². The van der Waals surface area contributed by atoms with E-state index in [1.807, 2.05) is 11.9 Å².